The van der Waals surface area contributed by atoms with Crippen LogP contribution in [0.15, 0.2) is 0 Å². The molecule has 0 unspecified atom stereocenters. The molecular weight excluding hydrogens is 232 g/mol. The summed E-state index contributed by atoms with van der Waals surface area (Å²) in [4.78, 5) is 0. The lowest BCUT2D eigenvalue weighted by molar-refractivity contribution is 0.309. The molecule has 1 radical (unpaired) electrons. The summed E-state index contributed by atoms with van der Waals surface area (Å²) >= 11 is 3.40. The van der Waals surface area contributed by atoms with Crippen LogP contribution in [0, 0.1) is 0 Å². The SMILES string of the molecule is CC(C)[Si](OCCCBr)C(C)C. The molecule has 0 aromatic heterocycles. The average Bonchev–Trinajstić information content (AvgIpc) is 1.96. The maximum absolute atomic E-state index is 5.88. The van der Waals surface area contributed by atoms with Crippen LogP contribution in [0.4, 0.5) is 0 Å². The van der Waals surface area contributed by atoms with E-state index < -0.39 is 9.04 Å². The van der Waals surface area contributed by atoms with E-state index in [1.54, 1.807) is 0 Å². The van der Waals surface area contributed by atoms with Crippen LogP contribution in [0.1, 0.15) is 34.1 Å². The standard InChI is InChI=1S/C9H20BrOSi/c1-8(2)12(9(3)4)11-7-5-6-10/h8-9H,5-7H2,1-4H3. The van der Waals surface area contributed by atoms with Gasteiger partial charge in [0.05, 0.1) is 0 Å². The summed E-state index contributed by atoms with van der Waals surface area (Å²) in [5.41, 5.74) is 1.45. The van der Waals surface area contributed by atoms with Gasteiger partial charge < -0.3 is 4.43 Å². The van der Waals surface area contributed by atoms with Gasteiger partial charge in [-0.2, -0.15) is 0 Å². The van der Waals surface area contributed by atoms with Crippen LogP contribution in [0.3, 0.4) is 0 Å². The molecule has 0 fully saturated rings. The molecule has 12 heavy (non-hydrogen) atoms. The molecule has 0 N–H and O–H groups in total. The van der Waals surface area contributed by atoms with E-state index in [9.17, 15) is 0 Å². The highest BCUT2D eigenvalue weighted by Gasteiger charge is 2.21. The van der Waals surface area contributed by atoms with Gasteiger partial charge in [0.1, 0.15) is 0 Å². The fourth-order valence-electron chi connectivity index (χ4n) is 1.24. The Morgan fingerprint density at radius 1 is 1.17 bits per heavy atom. The Bertz CT molecular complexity index is 98.7. The lowest BCUT2D eigenvalue weighted by Crippen LogP contribution is -2.26. The van der Waals surface area contributed by atoms with Crippen LogP contribution in [-0.2, 0) is 4.43 Å². The molecule has 0 rings (SSSR count). The highest BCUT2D eigenvalue weighted by molar-refractivity contribution is 9.09. The highest BCUT2D eigenvalue weighted by Crippen LogP contribution is 2.20. The molecule has 0 aliphatic carbocycles. The van der Waals surface area contributed by atoms with Gasteiger partial charge in [0, 0.05) is 11.9 Å². The fourth-order valence-corrected chi connectivity index (χ4v) is 3.85. The van der Waals surface area contributed by atoms with E-state index >= 15 is 0 Å². The van der Waals surface area contributed by atoms with Gasteiger partial charge in [0.15, 0.2) is 0 Å². The number of rotatable bonds is 6. The maximum Gasteiger partial charge on any atom is 0.216 e. The average molecular weight is 252 g/mol. The number of alkyl halides is 1. The Kier molecular flexibility index (Phi) is 7.49. The number of hydrogen-bond donors (Lipinski definition) is 0. The van der Waals surface area contributed by atoms with E-state index in [-0.39, 0.29) is 0 Å². The van der Waals surface area contributed by atoms with Crippen molar-refractivity contribution < 1.29 is 4.43 Å². The summed E-state index contributed by atoms with van der Waals surface area (Å²) in [7, 11) is -0.572. The third-order valence-corrected chi connectivity index (χ3v) is 5.06. The molecule has 0 aliphatic rings. The van der Waals surface area contributed by atoms with Crippen LogP contribution in [0.2, 0.25) is 11.1 Å². The lowest BCUT2D eigenvalue weighted by Gasteiger charge is -2.21. The van der Waals surface area contributed by atoms with Crippen LogP contribution < -0.4 is 0 Å². The minimum absolute atomic E-state index is 0.572. The predicted octanol–water partition coefficient (Wildman–Crippen LogP) is 3.60. The second-order valence-corrected chi connectivity index (χ2v) is 7.80. The Hall–Kier alpha value is 0.657. The van der Waals surface area contributed by atoms with Crippen molar-refractivity contribution in [3.05, 3.63) is 0 Å². The van der Waals surface area contributed by atoms with E-state index in [1.807, 2.05) is 0 Å². The molecule has 0 bridgehead atoms. The van der Waals surface area contributed by atoms with Crippen LogP contribution in [0.25, 0.3) is 0 Å². The second-order valence-electron chi connectivity index (χ2n) is 3.60. The van der Waals surface area contributed by atoms with E-state index in [4.69, 9.17) is 4.43 Å². The van der Waals surface area contributed by atoms with Crippen LogP contribution >= 0.6 is 15.9 Å². The molecule has 3 heteroatoms. The van der Waals surface area contributed by atoms with Crippen molar-refractivity contribution >= 4 is 25.0 Å². The third kappa shape index (κ3) is 5.33. The molecule has 0 saturated carbocycles. The molecule has 0 aromatic rings. The van der Waals surface area contributed by atoms with Gasteiger partial charge in [-0.25, -0.2) is 0 Å². The van der Waals surface area contributed by atoms with E-state index in [1.165, 1.54) is 0 Å². The second kappa shape index (κ2) is 7.10. The van der Waals surface area contributed by atoms with Crippen molar-refractivity contribution in [1.29, 1.82) is 0 Å². The third-order valence-electron chi connectivity index (χ3n) is 1.68. The summed E-state index contributed by atoms with van der Waals surface area (Å²) in [6, 6.07) is 0. The Balaban J connectivity index is 3.64. The summed E-state index contributed by atoms with van der Waals surface area (Å²) < 4.78 is 5.88. The largest absolute Gasteiger partial charge is 0.416 e. The van der Waals surface area contributed by atoms with Gasteiger partial charge in [-0.3, -0.25) is 0 Å². The van der Waals surface area contributed by atoms with Crippen molar-refractivity contribution in [2.24, 2.45) is 0 Å². The maximum atomic E-state index is 5.88. The molecule has 73 valence electrons. The molecule has 0 heterocycles. The quantitative estimate of drug-likeness (QED) is 0.398. The van der Waals surface area contributed by atoms with Crippen molar-refractivity contribution in [3.8, 4) is 0 Å². The van der Waals surface area contributed by atoms with Crippen molar-refractivity contribution in [3.63, 3.8) is 0 Å². The van der Waals surface area contributed by atoms with Crippen molar-refractivity contribution in [2.75, 3.05) is 11.9 Å². The molecule has 0 aliphatic heterocycles. The summed E-state index contributed by atoms with van der Waals surface area (Å²) in [5.74, 6) is 0. The molecule has 0 aromatic carbocycles. The first kappa shape index (κ1) is 12.7. The lowest BCUT2D eigenvalue weighted by atomic mass is 10.5. The summed E-state index contributed by atoms with van der Waals surface area (Å²) in [6.07, 6.45) is 1.13. The molecule has 0 spiro atoms. The monoisotopic (exact) mass is 251 g/mol. The smallest absolute Gasteiger partial charge is 0.216 e. The number of hydrogen-bond acceptors (Lipinski definition) is 1. The summed E-state index contributed by atoms with van der Waals surface area (Å²) in [5, 5.41) is 1.05. The normalized spacial score (nSPS) is 12.0. The molecular formula is C9H20BrOSi. The minimum atomic E-state index is -0.572. The fraction of sp³-hybridized carbons (Fsp3) is 1.00. The predicted molar refractivity (Wildman–Crippen MR) is 60.3 cm³/mol. The minimum Gasteiger partial charge on any atom is -0.416 e. The van der Waals surface area contributed by atoms with Crippen molar-refractivity contribution in [1.82, 2.24) is 0 Å². The molecule has 0 saturated heterocycles. The van der Waals surface area contributed by atoms with Gasteiger partial charge in [-0.05, 0) is 17.5 Å². The van der Waals surface area contributed by atoms with E-state index in [0.29, 0.717) is 0 Å². The van der Waals surface area contributed by atoms with Gasteiger partial charge >= 0.3 is 0 Å². The van der Waals surface area contributed by atoms with E-state index in [0.717, 1.165) is 29.4 Å². The molecule has 0 atom stereocenters. The van der Waals surface area contributed by atoms with E-state index in [2.05, 4.69) is 43.6 Å². The van der Waals surface area contributed by atoms with Gasteiger partial charge in [-0.1, -0.05) is 43.6 Å². The first-order chi connectivity index (χ1) is 5.59. The molecule has 0 amide bonds. The van der Waals surface area contributed by atoms with Gasteiger partial charge in [0.2, 0.25) is 9.04 Å². The zero-order chi connectivity index (χ0) is 9.56. The van der Waals surface area contributed by atoms with Gasteiger partial charge in [0.25, 0.3) is 0 Å². The Morgan fingerprint density at radius 2 is 1.67 bits per heavy atom. The first-order valence-corrected chi connectivity index (χ1v) is 7.33. The topological polar surface area (TPSA) is 9.23 Å². The van der Waals surface area contributed by atoms with Crippen molar-refractivity contribution in [2.45, 2.75) is 45.2 Å². The summed E-state index contributed by atoms with van der Waals surface area (Å²) in [6.45, 7) is 9.99. The zero-order valence-corrected chi connectivity index (χ0v) is 11.1. The Labute approximate surface area is 86.7 Å². The number of halogens is 1. The molecule has 1 nitrogen and oxygen atoms in total. The zero-order valence-electron chi connectivity index (χ0n) is 8.56. The van der Waals surface area contributed by atoms with Gasteiger partial charge in [-0.15, -0.1) is 0 Å². The van der Waals surface area contributed by atoms with Crippen LogP contribution in [0.5, 0.6) is 0 Å². The highest BCUT2D eigenvalue weighted by atomic mass is 79.9. The Morgan fingerprint density at radius 3 is 2.00 bits per heavy atom. The van der Waals surface area contributed by atoms with Crippen LogP contribution in [-0.4, -0.2) is 21.0 Å². The first-order valence-electron chi connectivity index (χ1n) is 4.65.